The zero-order valence-corrected chi connectivity index (χ0v) is 15.1. The molecule has 0 aromatic carbocycles. The number of anilines is 2. The van der Waals surface area contributed by atoms with Crippen molar-refractivity contribution in [3.05, 3.63) is 53.7 Å². The zero-order valence-electron chi connectivity index (χ0n) is 14.3. The van der Waals surface area contributed by atoms with Gasteiger partial charge in [0.2, 0.25) is 0 Å². The summed E-state index contributed by atoms with van der Waals surface area (Å²) in [6, 6.07) is 7.91. The summed E-state index contributed by atoms with van der Waals surface area (Å²) in [4.78, 5) is 27.6. The van der Waals surface area contributed by atoms with Crippen LogP contribution < -0.4 is 11.1 Å². The molecule has 3 aromatic rings. The standard InChI is InChI=1S/C18H17FN6OS/c19-15-5-4-14(27-15)13-3-2-12(20)17(23-13)24-18(26)25-9-11(10-25)8-16-21-6-1-7-22-16/h1-7,11H,8-10,20H2,(H,23,24,26). The fourth-order valence-electron chi connectivity index (χ4n) is 2.90. The average molecular weight is 384 g/mol. The molecule has 3 N–H and O–H groups in total. The number of aromatic nitrogens is 3. The second-order valence-electron chi connectivity index (χ2n) is 6.31. The van der Waals surface area contributed by atoms with Gasteiger partial charge in [-0.25, -0.2) is 19.7 Å². The van der Waals surface area contributed by atoms with Crippen LogP contribution in [-0.4, -0.2) is 39.0 Å². The van der Waals surface area contributed by atoms with Crippen molar-refractivity contribution in [2.75, 3.05) is 24.1 Å². The Morgan fingerprint density at radius 1 is 1.26 bits per heavy atom. The van der Waals surface area contributed by atoms with Crippen molar-refractivity contribution in [2.45, 2.75) is 6.42 Å². The number of halogens is 1. The normalized spacial score (nSPS) is 14.0. The van der Waals surface area contributed by atoms with Crippen LogP contribution >= 0.6 is 11.3 Å². The molecule has 0 radical (unpaired) electrons. The van der Waals surface area contributed by atoms with E-state index < -0.39 is 0 Å². The minimum absolute atomic E-state index is 0.256. The molecule has 4 rings (SSSR count). The number of likely N-dealkylation sites (tertiary alicyclic amines) is 1. The summed E-state index contributed by atoms with van der Waals surface area (Å²) in [7, 11) is 0. The molecular formula is C18H17FN6OS. The number of hydrogen-bond acceptors (Lipinski definition) is 6. The molecule has 138 valence electrons. The van der Waals surface area contributed by atoms with E-state index in [1.165, 1.54) is 6.07 Å². The monoisotopic (exact) mass is 384 g/mol. The number of nitrogen functional groups attached to an aromatic ring is 1. The molecule has 7 nitrogen and oxygen atoms in total. The number of amides is 2. The van der Waals surface area contributed by atoms with E-state index in [0.717, 1.165) is 23.6 Å². The van der Waals surface area contributed by atoms with Gasteiger partial charge in [-0.1, -0.05) is 0 Å². The van der Waals surface area contributed by atoms with Crippen molar-refractivity contribution in [3.8, 4) is 10.6 Å². The number of carbonyl (C=O) groups is 1. The maximum Gasteiger partial charge on any atom is 0.323 e. The van der Waals surface area contributed by atoms with Crippen LogP contribution in [-0.2, 0) is 6.42 Å². The Bertz CT molecular complexity index is 957. The van der Waals surface area contributed by atoms with E-state index in [4.69, 9.17) is 5.73 Å². The molecule has 0 aliphatic carbocycles. The molecule has 1 aliphatic heterocycles. The minimum atomic E-state index is -0.289. The zero-order chi connectivity index (χ0) is 18.8. The number of carbonyl (C=O) groups excluding carboxylic acids is 1. The van der Waals surface area contributed by atoms with Crippen LogP contribution in [0.4, 0.5) is 20.7 Å². The first kappa shape index (κ1) is 17.3. The van der Waals surface area contributed by atoms with Gasteiger partial charge in [-0.2, -0.15) is 4.39 Å². The molecule has 27 heavy (non-hydrogen) atoms. The molecule has 0 unspecified atom stereocenters. The average Bonchev–Trinajstić information content (AvgIpc) is 3.07. The smallest absolute Gasteiger partial charge is 0.323 e. The Kier molecular flexibility index (Phi) is 4.68. The lowest BCUT2D eigenvalue weighted by Crippen LogP contribution is -2.52. The Hall–Kier alpha value is -3.07. The predicted octanol–water partition coefficient (Wildman–Crippen LogP) is 3.03. The van der Waals surface area contributed by atoms with E-state index in [1.54, 1.807) is 41.6 Å². The predicted molar refractivity (Wildman–Crippen MR) is 102 cm³/mol. The van der Waals surface area contributed by atoms with Crippen molar-refractivity contribution in [2.24, 2.45) is 5.92 Å². The van der Waals surface area contributed by atoms with E-state index in [1.807, 2.05) is 0 Å². The van der Waals surface area contributed by atoms with Gasteiger partial charge in [0.15, 0.2) is 10.9 Å². The molecular weight excluding hydrogens is 367 g/mol. The number of nitrogens with one attached hydrogen (secondary N) is 1. The molecule has 4 heterocycles. The van der Waals surface area contributed by atoms with Crippen LogP contribution in [0.2, 0.25) is 0 Å². The second-order valence-corrected chi connectivity index (χ2v) is 7.34. The summed E-state index contributed by atoms with van der Waals surface area (Å²) in [5.41, 5.74) is 6.85. The lowest BCUT2D eigenvalue weighted by molar-refractivity contribution is 0.130. The van der Waals surface area contributed by atoms with E-state index in [2.05, 4.69) is 20.3 Å². The summed E-state index contributed by atoms with van der Waals surface area (Å²) < 4.78 is 13.2. The van der Waals surface area contributed by atoms with Crippen molar-refractivity contribution in [1.82, 2.24) is 19.9 Å². The van der Waals surface area contributed by atoms with Crippen LogP contribution in [0.1, 0.15) is 5.82 Å². The summed E-state index contributed by atoms with van der Waals surface area (Å²) in [5.74, 6) is 1.40. The molecule has 1 saturated heterocycles. The first-order valence-corrected chi connectivity index (χ1v) is 9.24. The van der Waals surface area contributed by atoms with Crippen LogP contribution in [0.3, 0.4) is 0 Å². The maximum atomic E-state index is 13.2. The number of nitrogens with zero attached hydrogens (tertiary/aromatic N) is 4. The molecule has 3 aromatic heterocycles. The van der Waals surface area contributed by atoms with Crippen molar-refractivity contribution in [1.29, 1.82) is 0 Å². The van der Waals surface area contributed by atoms with Gasteiger partial charge in [0.1, 0.15) is 5.82 Å². The van der Waals surface area contributed by atoms with Gasteiger partial charge in [-0.05, 0) is 30.3 Å². The van der Waals surface area contributed by atoms with Crippen molar-refractivity contribution >= 4 is 28.9 Å². The maximum absolute atomic E-state index is 13.2. The highest BCUT2D eigenvalue weighted by atomic mass is 32.1. The van der Waals surface area contributed by atoms with E-state index >= 15 is 0 Å². The number of urea groups is 1. The van der Waals surface area contributed by atoms with E-state index in [-0.39, 0.29) is 17.0 Å². The van der Waals surface area contributed by atoms with Gasteiger partial charge < -0.3 is 10.6 Å². The highest BCUT2D eigenvalue weighted by Gasteiger charge is 2.31. The SMILES string of the molecule is Nc1ccc(-c2ccc(F)s2)nc1NC(=O)N1CC(Cc2ncccn2)C1. The van der Waals surface area contributed by atoms with E-state index in [9.17, 15) is 9.18 Å². The number of hydrogen-bond donors (Lipinski definition) is 2. The molecule has 0 bridgehead atoms. The Labute approximate surface area is 159 Å². The summed E-state index contributed by atoms with van der Waals surface area (Å²) >= 11 is 0.992. The van der Waals surface area contributed by atoms with Gasteiger partial charge in [0, 0.05) is 37.8 Å². The Balaban J connectivity index is 1.37. The third-order valence-electron chi connectivity index (χ3n) is 4.31. The Morgan fingerprint density at radius 2 is 2.04 bits per heavy atom. The van der Waals surface area contributed by atoms with Gasteiger partial charge in [-0.15, -0.1) is 11.3 Å². The molecule has 2 amide bonds. The fourth-order valence-corrected chi connectivity index (χ4v) is 3.60. The van der Waals surface area contributed by atoms with Gasteiger partial charge >= 0.3 is 6.03 Å². The number of rotatable bonds is 4. The number of thiophene rings is 1. The molecule has 1 fully saturated rings. The molecule has 0 saturated carbocycles. The first-order valence-electron chi connectivity index (χ1n) is 8.42. The number of pyridine rings is 1. The lowest BCUT2D eigenvalue weighted by Gasteiger charge is -2.38. The van der Waals surface area contributed by atoms with Gasteiger partial charge in [0.25, 0.3) is 0 Å². The summed E-state index contributed by atoms with van der Waals surface area (Å²) in [6.45, 7) is 1.25. The number of nitrogens with two attached hydrogens (primary N) is 1. The van der Waals surface area contributed by atoms with Crippen LogP contribution in [0.15, 0.2) is 42.7 Å². The largest absolute Gasteiger partial charge is 0.396 e. The lowest BCUT2D eigenvalue weighted by atomic mass is 9.96. The molecule has 9 heteroatoms. The summed E-state index contributed by atoms with van der Waals surface area (Å²) in [6.07, 6.45) is 4.17. The summed E-state index contributed by atoms with van der Waals surface area (Å²) in [5, 5.41) is 2.46. The van der Waals surface area contributed by atoms with Crippen LogP contribution in [0.5, 0.6) is 0 Å². The highest BCUT2D eigenvalue weighted by Crippen LogP contribution is 2.29. The van der Waals surface area contributed by atoms with Gasteiger partial charge in [-0.3, -0.25) is 5.32 Å². The molecule has 0 atom stereocenters. The third-order valence-corrected chi connectivity index (χ3v) is 5.21. The quantitative estimate of drug-likeness (QED) is 0.721. The fraction of sp³-hybridized carbons (Fsp3) is 0.222. The van der Waals surface area contributed by atoms with Crippen LogP contribution in [0, 0.1) is 11.0 Å². The first-order chi connectivity index (χ1) is 13.1. The minimum Gasteiger partial charge on any atom is -0.396 e. The van der Waals surface area contributed by atoms with Gasteiger partial charge in [0.05, 0.1) is 16.3 Å². The molecule has 0 spiro atoms. The second kappa shape index (κ2) is 7.28. The third kappa shape index (κ3) is 3.87. The topological polar surface area (TPSA) is 97.0 Å². The van der Waals surface area contributed by atoms with Crippen molar-refractivity contribution < 1.29 is 9.18 Å². The Morgan fingerprint density at radius 3 is 2.74 bits per heavy atom. The highest BCUT2D eigenvalue weighted by molar-refractivity contribution is 7.13. The molecule has 1 aliphatic rings. The van der Waals surface area contributed by atoms with E-state index in [0.29, 0.717) is 35.3 Å². The van der Waals surface area contributed by atoms with Crippen molar-refractivity contribution in [3.63, 3.8) is 0 Å². The van der Waals surface area contributed by atoms with Crippen LogP contribution in [0.25, 0.3) is 10.6 Å².